The second-order valence-electron chi connectivity index (χ2n) is 26.8. The van der Waals surface area contributed by atoms with Gasteiger partial charge in [0.2, 0.25) is 0 Å². The molecule has 0 heterocycles. The van der Waals surface area contributed by atoms with Gasteiger partial charge in [-0.15, -0.1) is 0 Å². The fourth-order valence-corrected chi connectivity index (χ4v) is 11.9. The lowest BCUT2D eigenvalue weighted by atomic mass is 10.0. The van der Waals surface area contributed by atoms with E-state index in [2.05, 4.69) is 55.4 Å². The van der Waals surface area contributed by atoms with Crippen molar-refractivity contribution in [1.29, 1.82) is 0 Å². The molecule has 0 fully saturated rings. The summed E-state index contributed by atoms with van der Waals surface area (Å²) in [6.45, 7) is 14.0. The van der Waals surface area contributed by atoms with Crippen molar-refractivity contribution in [3.63, 3.8) is 0 Å². The number of rotatable bonds is 66. The van der Waals surface area contributed by atoms with Gasteiger partial charge in [-0.3, -0.25) is 37.3 Å². The van der Waals surface area contributed by atoms with Gasteiger partial charge in [-0.1, -0.05) is 287 Å². The molecule has 3 N–H and O–H groups in total. The number of hydrogen-bond acceptors (Lipinski definition) is 15. The fourth-order valence-electron chi connectivity index (χ4n) is 10.3. The number of esters is 4. The molecule has 0 amide bonds. The van der Waals surface area contributed by atoms with Crippen LogP contribution in [0.5, 0.6) is 0 Å². The summed E-state index contributed by atoms with van der Waals surface area (Å²) in [5.74, 6) is 0.783. The lowest BCUT2D eigenvalue weighted by molar-refractivity contribution is -0.161. The highest BCUT2D eigenvalue weighted by molar-refractivity contribution is 7.47. The van der Waals surface area contributed by atoms with Crippen LogP contribution in [0.2, 0.25) is 0 Å². The molecular formula is C69H134O17P2. The van der Waals surface area contributed by atoms with Crippen molar-refractivity contribution in [3.8, 4) is 0 Å². The van der Waals surface area contributed by atoms with Gasteiger partial charge < -0.3 is 33.8 Å². The zero-order chi connectivity index (χ0) is 65.4. The van der Waals surface area contributed by atoms with Crippen LogP contribution < -0.4 is 0 Å². The van der Waals surface area contributed by atoms with Crippen molar-refractivity contribution in [1.82, 2.24) is 0 Å². The van der Waals surface area contributed by atoms with Gasteiger partial charge >= 0.3 is 39.5 Å². The van der Waals surface area contributed by atoms with E-state index in [1.165, 1.54) is 135 Å². The van der Waals surface area contributed by atoms with Crippen LogP contribution in [0.3, 0.4) is 0 Å². The third-order valence-corrected chi connectivity index (χ3v) is 17.7. The van der Waals surface area contributed by atoms with Gasteiger partial charge in [0.1, 0.15) is 19.3 Å². The number of aliphatic hydroxyl groups excluding tert-OH is 1. The summed E-state index contributed by atoms with van der Waals surface area (Å²) >= 11 is 0. The molecule has 0 aromatic rings. The molecular weight excluding hydrogens is 1160 g/mol. The monoisotopic (exact) mass is 1300 g/mol. The molecule has 3 unspecified atom stereocenters. The van der Waals surface area contributed by atoms with Crippen molar-refractivity contribution in [2.24, 2.45) is 23.7 Å². The predicted molar refractivity (Wildman–Crippen MR) is 354 cm³/mol. The van der Waals surface area contributed by atoms with E-state index in [1.54, 1.807) is 0 Å². The van der Waals surface area contributed by atoms with Crippen molar-refractivity contribution in [2.75, 3.05) is 39.6 Å². The molecule has 0 saturated carbocycles. The normalized spacial score (nSPS) is 14.3. The van der Waals surface area contributed by atoms with Crippen LogP contribution in [-0.4, -0.2) is 96.7 Å². The molecule has 0 aromatic heterocycles. The Labute approximate surface area is 537 Å². The second kappa shape index (κ2) is 58.8. The van der Waals surface area contributed by atoms with Crippen molar-refractivity contribution in [2.45, 2.75) is 356 Å². The van der Waals surface area contributed by atoms with Crippen LogP contribution in [0, 0.1) is 23.7 Å². The van der Waals surface area contributed by atoms with E-state index < -0.39 is 97.5 Å². The summed E-state index contributed by atoms with van der Waals surface area (Å²) in [5.41, 5.74) is 0. The molecule has 0 radical (unpaired) electrons. The molecule has 0 bridgehead atoms. The Morgan fingerprint density at radius 2 is 0.477 bits per heavy atom. The molecule has 0 aliphatic heterocycles. The molecule has 17 nitrogen and oxygen atoms in total. The first kappa shape index (κ1) is 86.1. The number of ether oxygens (including phenoxy) is 4. The highest BCUT2D eigenvalue weighted by atomic mass is 31.2. The molecule has 0 spiro atoms. The smallest absolute Gasteiger partial charge is 0.462 e. The highest BCUT2D eigenvalue weighted by Gasteiger charge is 2.30. The van der Waals surface area contributed by atoms with Gasteiger partial charge in [0.15, 0.2) is 12.2 Å². The molecule has 0 aliphatic carbocycles. The van der Waals surface area contributed by atoms with Crippen LogP contribution in [0.4, 0.5) is 0 Å². The molecule has 88 heavy (non-hydrogen) atoms. The van der Waals surface area contributed by atoms with E-state index in [0.717, 1.165) is 108 Å². The predicted octanol–water partition coefficient (Wildman–Crippen LogP) is 19.3. The van der Waals surface area contributed by atoms with Gasteiger partial charge in [-0.2, -0.15) is 0 Å². The topological polar surface area (TPSA) is 237 Å². The molecule has 0 rings (SSSR count). The maximum atomic E-state index is 13.0. The van der Waals surface area contributed by atoms with E-state index in [0.29, 0.717) is 37.5 Å². The fraction of sp³-hybridized carbons (Fsp3) is 0.942. The number of phosphoric acid groups is 2. The molecule has 19 heteroatoms. The Kier molecular flexibility index (Phi) is 57.6. The lowest BCUT2D eigenvalue weighted by Gasteiger charge is -2.21. The highest BCUT2D eigenvalue weighted by Crippen LogP contribution is 2.45. The minimum Gasteiger partial charge on any atom is -0.462 e. The Morgan fingerprint density at radius 1 is 0.284 bits per heavy atom. The zero-order valence-corrected chi connectivity index (χ0v) is 59.1. The summed E-state index contributed by atoms with van der Waals surface area (Å²) in [6.07, 6.45) is 40.6. The molecule has 0 aromatic carbocycles. The van der Waals surface area contributed by atoms with Gasteiger partial charge in [0.05, 0.1) is 26.4 Å². The largest absolute Gasteiger partial charge is 0.472 e. The van der Waals surface area contributed by atoms with Gasteiger partial charge in [-0.05, 0) is 49.4 Å². The number of aliphatic hydroxyl groups is 1. The van der Waals surface area contributed by atoms with Gasteiger partial charge in [0.25, 0.3) is 0 Å². The van der Waals surface area contributed by atoms with Gasteiger partial charge in [0, 0.05) is 25.7 Å². The molecule has 0 saturated heterocycles. The quantitative estimate of drug-likeness (QED) is 0.0222. The first-order valence-corrected chi connectivity index (χ1v) is 38.7. The van der Waals surface area contributed by atoms with E-state index in [4.69, 9.17) is 37.0 Å². The van der Waals surface area contributed by atoms with E-state index in [-0.39, 0.29) is 25.7 Å². The lowest BCUT2D eigenvalue weighted by Crippen LogP contribution is -2.30. The average Bonchev–Trinajstić information content (AvgIpc) is 3.66. The van der Waals surface area contributed by atoms with Crippen LogP contribution in [-0.2, 0) is 65.4 Å². The molecule has 5 atom stereocenters. The van der Waals surface area contributed by atoms with Crippen LogP contribution in [0.15, 0.2) is 0 Å². The zero-order valence-electron chi connectivity index (χ0n) is 57.3. The third-order valence-electron chi connectivity index (χ3n) is 15.8. The maximum absolute atomic E-state index is 13.0. The summed E-state index contributed by atoms with van der Waals surface area (Å²) in [6, 6.07) is 0. The summed E-state index contributed by atoms with van der Waals surface area (Å²) in [5, 5.41) is 10.6. The molecule has 0 aliphatic rings. The number of unbranched alkanes of at least 4 members (excludes halogenated alkanes) is 32. The minimum absolute atomic E-state index is 0.103. The van der Waals surface area contributed by atoms with E-state index in [1.807, 2.05) is 0 Å². The van der Waals surface area contributed by atoms with E-state index in [9.17, 15) is 43.2 Å². The summed E-state index contributed by atoms with van der Waals surface area (Å²) < 4.78 is 68.2. The van der Waals surface area contributed by atoms with Crippen LogP contribution in [0.25, 0.3) is 0 Å². The maximum Gasteiger partial charge on any atom is 0.472 e. The average molecular weight is 1300 g/mol. The Balaban J connectivity index is 5.20. The number of hydrogen-bond donors (Lipinski definition) is 3. The Morgan fingerprint density at radius 3 is 0.705 bits per heavy atom. The number of carbonyl (C=O) groups excluding carboxylic acids is 4. The summed E-state index contributed by atoms with van der Waals surface area (Å²) in [4.78, 5) is 72.4. The molecule has 522 valence electrons. The first-order chi connectivity index (χ1) is 42.1. The SMILES string of the molecule is CC(C)CCCCCCCCCCCCCCCCC(=O)OC[C@H](COP(=O)(O)OCC(O)COP(=O)(O)OC[C@@H](COC(=O)CCCCCCCCCC(C)C)OC(=O)CCCCCCCCCCC(C)C)OC(=O)CCCCCCCCCC(C)C. The van der Waals surface area contributed by atoms with Gasteiger partial charge in [-0.25, -0.2) is 9.13 Å². The van der Waals surface area contributed by atoms with Crippen LogP contribution >= 0.6 is 15.6 Å². The van der Waals surface area contributed by atoms with Crippen molar-refractivity contribution >= 4 is 39.5 Å². The first-order valence-electron chi connectivity index (χ1n) is 35.7. The number of phosphoric ester groups is 2. The van der Waals surface area contributed by atoms with Crippen LogP contribution in [0.1, 0.15) is 338 Å². The van der Waals surface area contributed by atoms with Crippen molar-refractivity contribution < 1.29 is 80.2 Å². The summed E-state index contributed by atoms with van der Waals surface area (Å²) in [7, 11) is -9.90. The number of carbonyl (C=O) groups is 4. The third kappa shape index (κ3) is 62.8. The van der Waals surface area contributed by atoms with E-state index >= 15 is 0 Å². The minimum atomic E-state index is -4.95. The Hall–Kier alpha value is -1.94. The van der Waals surface area contributed by atoms with Crippen molar-refractivity contribution in [3.05, 3.63) is 0 Å². The standard InChI is InChI=1S/C69H134O17P2/c1-59(2)45-37-29-21-15-13-11-9-10-12-14-16-25-33-41-49-66(71)79-55-65(86-69(74)52-44-36-28-20-24-32-40-48-62(7)8)58-84-88(77,78)82-54-63(70)53-81-87(75,76)83-57-64(56-80-67(72)50-42-34-27-19-23-31-39-47-61(5)6)85-68(73)51-43-35-26-18-17-22-30-38-46-60(3)4/h59-65,70H,9-58H2,1-8H3,(H,75,76)(H,77,78)/t63?,64-,65-/m1/s1. The second-order valence-corrected chi connectivity index (χ2v) is 29.7. The Bertz CT molecular complexity index is 1750.